The molecule has 0 radical (unpaired) electrons. The zero-order valence-electron chi connectivity index (χ0n) is 18.3. The van der Waals surface area contributed by atoms with Crippen molar-refractivity contribution in [2.45, 2.75) is 43.2 Å². The van der Waals surface area contributed by atoms with Gasteiger partial charge in [0.05, 0.1) is 17.5 Å². The van der Waals surface area contributed by atoms with Gasteiger partial charge in [-0.3, -0.25) is 4.79 Å². The summed E-state index contributed by atoms with van der Waals surface area (Å²) in [5, 5.41) is 2.05. The third kappa shape index (κ3) is 4.35. The molecule has 0 spiro atoms. The number of fused-ring (bicyclic) bond motifs is 1. The van der Waals surface area contributed by atoms with Gasteiger partial charge in [0.2, 0.25) is 15.9 Å². The maximum Gasteiger partial charge on any atom is 0.243 e. The fraction of sp³-hybridized carbons (Fsp3) is 0.320. The quantitative estimate of drug-likeness (QED) is 0.517. The number of carbonyl (C=O) groups is 1. The Bertz CT molecular complexity index is 1270. The molecule has 0 bridgehead atoms. The minimum absolute atomic E-state index is 0.0115. The van der Waals surface area contributed by atoms with Gasteiger partial charge in [0.25, 0.3) is 0 Å². The highest BCUT2D eigenvalue weighted by Gasteiger charge is 2.41. The Morgan fingerprint density at radius 3 is 2.45 bits per heavy atom. The number of amides is 1. The predicted molar refractivity (Wildman–Crippen MR) is 126 cm³/mol. The SMILES string of the molecule is Cc1ccc(C2c3ccsc3CCN2C(=O)CN(C2CC2)S(=O)(=O)c2ccc(F)cc2)cc1. The number of benzene rings is 2. The van der Waals surface area contributed by atoms with Crippen LogP contribution in [0.15, 0.2) is 64.9 Å². The molecule has 5 nitrogen and oxygen atoms in total. The first-order chi connectivity index (χ1) is 15.8. The fourth-order valence-electron chi connectivity index (χ4n) is 4.43. The molecule has 0 N–H and O–H groups in total. The summed E-state index contributed by atoms with van der Waals surface area (Å²) in [7, 11) is -3.90. The van der Waals surface area contributed by atoms with E-state index in [1.165, 1.54) is 21.3 Å². The van der Waals surface area contributed by atoms with Crippen LogP contribution in [0.25, 0.3) is 0 Å². The first-order valence-electron chi connectivity index (χ1n) is 11.0. The molecular weight excluding hydrogens is 459 g/mol. The van der Waals surface area contributed by atoms with Crippen LogP contribution in [0.1, 0.15) is 40.5 Å². The number of sulfonamides is 1. The van der Waals surface area contributed by atoms with Crippen molar-refractivity contribution in [2.75, 3.05) is 13.1 Å². The summed E-state index contributed by atoms with van der Waals surface area (Å²) in [6.45, 7) is 2.35. The maximum absolute atomic E-state index is 13.6. The predicted octanol–water partition coefficient (Wildman–Crippen LogP) is 4.52. The average Bonchev–Trinajstić information content (AvgIpc) is 3.53. The van der Waals surface area contributed by atoms with E-state index in [4.69, 9.17) is 0 Å². The maximum atomic E-state index is 13.6. The van der Waals surface area contributed by atoms with Gasteiger partial charge in [0, 0.05) is 17.5 Å². The largest absolute Gasteiger partial charge is 0.330 e. The van der Waals surface area contributed by atoms with E-state index in [0.29, 0.717) is 6.54 Å². The van der Waals surface area contributed by atoms with Gasteiger partial charge in [-0.1, -0.05) is 29.8 Å². The van der Waals surface area contributed by atoms with Crippen LogP contribution in [0.5, 0.6) is 0 Å². The summed E-state index contributed by atoms with van der Waals surface area (Å²) in [6, 6.07) is 14.6. The number of hydrogen-bond acceptors (Lipinski definition) is 4. The van der Waals surface area contributed by atoms with Gasteiger partial charge in [-0.2, -0.15) is 4.31 Å². The molecule has 1 unspecified atom stereocenters. The molecule has 172 valence electrons. The molecule has 1 saturated carbocycles. The highest BCUT2D eigenvalue weighted by Crippen LogP contribution is 2.39. The molecule has 2 aliphatic rings. The Morgan fingerprint density at radius 2 is 1.79 bits per heavy atom. The highest BCUT2D eigenvalue weighted by molar-refractivity contribution is 7.89. The molecule has 2 heterocycles. The van der Waals surface area contributed by atoms with Crippen molar-refractivity contribution < 1.29 is 17.6 Å². The summed E-state index contributed by atoms with van der Waals surface area (Å²) in [5.74, 6) is -0.709. The van der Waals surface area contributed by atoms with E-state index in [9.17, 15) is 17.6 Å². The summed E-state index contributed by atoms with van der Waals surface area (Å²) in [5.41, 5.74) is 3.28. The number of hydrogen-bond donors (Lipinski definition) is 0. The van der Waals surface area contributed by atoms with Crippen LogP contribution in [0.2, 0.25) is 0 Å². The second kappa shape index (κ2) is 8.66. The van der Waals surface area contributed by atoms with Gasteiger partial charge >= 0.3 is 0 Å². The zero-order chi connectivity index (χ0) is 23.2. The lowest BCUT2D eigenvalue weighted by atomic mass is 9.92. The fourth-order valence-corrected chi connectivity index (χ4v) is 6.97. The molecule has 2 aromatic carbocycles. The van der Waals surface area contributed by atoms with Crippen molar-refractivity contribution in [2.24, 2.45) is 0 Å². The van der Waals surface area contributed by atoms with E-state index in [1.54, 1.807) is 11.3 Å². The van der Waals surface area contributed by atoms with Gasteiger partial charge in [-0.25, -0.2) is 12.8 Å². The smallest absolute Gasteiger partial charge is 0.243 e. The average molecular weight is 485 g/mol. The van der Waals surface area contributed by atoms with E-state index in [-0.39, 0.29) is 29.4 Å². The van der Waals surface area contributed by atoms with Crippen LogP contribution in [0, 0.1) is 12.7 Å². The molecule has 5 rings (SSSR count). The van der Waals surface area contributed by atoms with Crippen molar-refractivity contribution in [1.29, 1.82) is 0 Å². The van der Waals surface area contributed by atoms with Crippen molar-refractivity contribution in [3.8, 4) is 0 Å². The van der Waals surface area contributed by atoms with Crippen LogP contribution in [-0.4, -0.2) is 42.7 Å². The minimum Gasteiger partial charge on any atom is -0.330 e. The summed E-state index contributed by atoms with van der Waals surface area (Å²) in [6.07, 6.45) is 2.21. The molecule has 1 atom stereocenters. The van der Waals surface area contributed by atoms with Gasteiger partial charge in [0.1, 0.15) is 5.82 Å². The van der Waals surface area contributed by atoms with E-state index in [0.717, 1.165) is 48.1 Å². The first kappa shape index (κ1) is 22.3. The van der Waals surface area contributed by atoms with Gasteiger partial charge in [0.15, 0.2) is 0 Å². The Morgan fingerprint density at radius 1 is 1.09 bits per heavy atom. The Hall–Kier alpha value is -2.55. The molecule has 1 aromatic heterocycles. The number of aryl methyl sites for hydroxylation is 1. The van der Waals surface area contributed by atoms with Crippen molar-refractivity contribution in [3.05, 3.63) is 87.4 Å². The normalized spacial score (nSPS) is 18.4. The lowest BCUT2D eigenvalue weighted by Gasteiger charge is -2.37. The summed E-state index contributed by atoms with van der Waals surface area (Å²) in [4.78, 5) is 16.7. The Labute approximate surface area is 197 Å². The third-order valence-electron chi connectivity index (χ3n) is 6.34. The Kier molecular flexibility index (Phi) is 5.84. The van der Waals surface area contributed by atoms with E-state index in [1.807, 2.05) is 36.1 Å². The number of nitrogens with zero attached hydrogens (tertiary/aromatic N) is 2. The lowest BCUT2D eigenvalue weighted by molar-refractivity contribution is -0.133. The molecule has 33 heavy (non-hydrogen) atoms. The van der Waals surface area contributed by atoms with Crippen molar-refractivity contribution in [3.63, 3.8) is 0 Å². The topological polar surface area (TPSA) is 57.7 Å². The third-order valence-corrected chi connectivity index (χ3v) is 9.25. The number of thiophene rings is 1. The van der Waals surface area contributed by atoms with Gasteiger partial charge in [-0.15, -0.1) is 11.3 Å². The molecule has 1 aliphatic carbocycles. The molecule has 1 fully saturated rings. The second-order valence-electron chi connectivity index (χ2n) is 8.68. The first-order valence-corrected chi connectivity index (χ1v) is 13.4. The van der Waals surface area contributed by atoms with Crippen LogP contribution in [0.4, 0.5) is 4.39 Å². The van der Waals surface area contributed by atoms with Crippen molar-refractivity contribution >= 4 is 27.3 Å². The number of halogens is 1. The second-order valence-corrected chi connectivity index (χ2v) is 11.6. The van der Waals surface area contributed by atoms with E-state index >= 15 is 0 Å². The molecule has 0 saturated heterocycles. The molecule has 3 aromatic rings. The monoisotopic (exact) mass is 484 g/mol. The Balaban J connectivity index is 1.46. The number of rotatable bonds is 6. The van der Waals surface area contributed by atoms with E-state index < -0.39 is 15.8 Å². The van der Waals surface area contributed by atoms with Gasteiger partial charge in [-0.05, 0) is 73.0 Å². The standard InChI is InChI=1S/C25H25FN2O3S2/c1-17-2-4-18(5-3-17)25-22-13-15-32-23(22)12-14-27(25)24(29)16-28(20-8-9-20)33(30,31)21-10-6-19(26)7-11-21/h2-7,10-11,13,15,20,25H,8-9,12,14,16H2,1H3. The van der Waals surface area contributed by atoms with Crippen molar-refractivity contribution in [1.82, 2.24) is 9.21 Å². The molecular formula is C25H25FN2O3S2. The molecule has 1 amide bonds. The number of carbonyl (C=O) groups excluding carboxylic acids is 1. The molecule has 8 heteroatoms. The zero-order valence-corrected chi connectivity index (χ0v) is 19.9. The van der Waals surface area contributed by atoms with Crippen LogP contribution in [-0.2, 0) is 21.2 Å². The van der Waals surface area contributed by atoms with Crippen LogP contribution >= 0.6 is 11.3 Å². The van der Waals surface area contributed by atoms with Crippen LogP contribution < -0.4 is 0 Å². The van der Waals surface area contributed by atoms with Gasteiger partial charge < -0.3 is 4.90 Å². The summed E-state index contributed by atoms with van der Waals surface area (Å²) < 4.78 is 41.3. The highest BCUT2D eigenvalue weighted by atomic mass is 32.2. The lowest BCUT2D eigenvalue weighted by Crippen LogP contribution is -2.47. The van der Waals surface area contributed by atoms with E-state index in [2.05, 4.69) is 11.4 Å². The minimum atomic E-state index is -3.90. The van der Waals surface area contributed by atoms with Crippen LogP contribution in [0.3, 0.4) is 0 Å². The molecule has 1 aliphatic heterocycles. The summed E-state index contributed by atoms with van der Waals surface area (Å²) >= 11 is 1.70.